The lowest BCUT2D eigenvalue weighted by Crippen LogP contribution is -2.39. The first-order valence-electron chi connectivity index (χ1n) is 8.75. The monoisotopic (exact) mass is 406 g/mol. The lowest BCUT2D eigenvalue weighted by Gasteiger charge is -2.23. The van der Waals surface area contributed by atoms with Gasteiger partial charge in [0.25, 0.3) is 5.91 Å². The van der Waals surface area contributed by atoms with Crippen LogP contribution in [0.4, 0.5) is 14.5 Å². The van der Waals surface area contributed by atoms with Gasteiger partial charge in [-0.15, -0.1) is 0 Å². The number of hydrogen-bond acceptors (Lipinski definition) is 5. The van der Waals surface area contributed by atoms with Gasteiger partial charge in [0.1, 0.15) is 11.5 Å². The number of alkyl halides is 2. The average molecular weight is 406 g/mol. The summed E-state index contributed by atoms with van der Waals surface area (Å²) < 4.78 is 34.1. The van der Waals surface area contributed by atoms with Crippen LogP contribution < -0.4 is 9.47 Å². The van der Waals surface area contributed by atoms with Gasteiger partial charge in [-0.05, 0) is 55.0 Å². The molecule has 2 aromatic rings. The number of thioether (sulfide) groups is 1. The number of halogens is 2. The molecule has 0 unspecified atom stereocenters. The van der Waals surface area contributed by atoms with Crippen LogP contribution >= 0.6 is 11.8 Å². The fourth-order valence-electron chi connectivity index (χ4n) is 2.80. The SMILES string of the molecule is CC[C@@H]1CSC(=Nc2ccc(OC)cc2)N1C(=O)c1ccc(OC(F)F)cc1. The molecule has 8 heteroatoms. The number of rotatable bonds is 6. The van der Waals surface area contributed by atoms with Gasteiger partial charge in [-0.1, -0.05) is 18.7 Å². The summed E-state index contributed by atoms with van der Waals surface area (Å²) in [6, 6.07) is 13.0. The van der Waals surface area contributed by atoms with Crippen molar-refractivity contribution in [2.75, 3.05) is 12.9 Å². The Kier molecular flexibility index (Phi) is 6.51. The first kappa shape index (κ1) is 20.1. The Balaban J connectivity index is 1.84. The number of aliphatic imine (C=N–C) groups is 1. The van der Waals surface area contributed by atoms with E-state index >= 15 is 0 Å². The smallest absolute Gasteiger partial charge is 0.387 e. The standard InChI is InChI=1S/C20H20F2N2O3S/c1-3-15-12-28-20(23-14-6-10-16(26-2)11-7-14)24(15)18(25)13-4-8-17(9-5-13)27-19(21)22/h4-11,15,19H,3,12H2,1-2H3/t15-/m1/s1. The molecule has 1 saturated heterocycles. The van der Waals surface area contributed by atoms with Crippen LogP contribution in [0.15, 0.2) is 53.5 Å². The lowest BCUT2D eigenvalue weighted by atomic mass is 10.1. The van der Waals surface area contributed by atoms with Crippen LogP contribution in [0.25, 0.3) is 0 Å². The highest BCUT2D eigenvalue weighted by molar-refractivity contribution is 8.14. The van der Waals surface area contributed by atoms with Crippen molar-refractivity contribution in [3.63, 3.8) is 0 Å². The average Bonchev–Trinajstić information content (AvgIpc) is 3.10. The summed E-state index contributed by atoms with van der Waals surface area (Å²) in [6.07, 6.45) is 0.785. The third kappa shape index (κ3) is 4.62. The second-order valence-corrected chi connectivity index (χ2v) is 7.03. The van der Waals surface area contributed by atoms with Crippen molar-refractivity contribution in [1.82, 2.24) is 4.90 Å². The molecule has 3 rings (SSSR count). The number of amidine groups is 1. The molecule has 0 bridgehead atoms. The molecule has 2 aromatic carbocycles. The van der Waals surface area contributed by atoms with E-state index < -0.39 is 6.61 Å². The number of benzene rings is 2. The Bertz CT molecular complexity index is 842. The first-order chi connectivity index (χ1) is 13.5. The van der Waals surface area contributed by atoms with Crippen molar-refractivity contribution < 1.29 is 23.0 Å². The van der Waals surface area contributed by atoms with Crippen molar-refractivity contribution in [2.45, 2.75) is 26.0 Å². The van der Waals surface area contributed by atoms with Crippen molar-refractivity contribution in [3.05, 3.63) is 54.1 Å². The van der Waals surface area contributed by atoms with Gasteiger partial charge in [0, 0.05) is 17.4 Å². The van der Waals surface area contributed by atoms with Crippen LogP contribution in [0, 0.1) is 0 Å². The van der Waals surface area contributed by atoms with E-state index in [1.807, 2.05) is 31.2 Å². The topological polar surface area (TPSA) is 51.1 Å². The minimum atomic E-state index is -2.90. The molecule has 0 aromatic heterocycles. The van der Waals surface area contributed by atoms with Gasteiger partial charge in [0.2, 0.25) is 0 Å². The minimum absolute atomic E-state index is 0.0153. The van der Waals surface area contributed by atoms with E-state index in [4.69, 9.17) is 4.74 Å². The molecule has 0 N–H and O–H groups in total. The molecular formula is C20H20F2N2O3S. The molecule has 28 heavy (non-hydrogen) atoms. The second-order valence-electron chi connectivity index (χ2n) is 6.04. The normalized spacial score (nSPS) is 18.0. The van der Waals surface area contributed by atoms with E-state index in [1.54, 1.807) is 12.0 Å². The molecule has 0 saturated carbocycles. The van der Waals surface area contributed by atoms with E-state index in [-0.39, 0.29) is 17.7 Å². The van der Waals surface area contributed by atoms with Crippen molar-refractivity contribution >= 4 is 28.5 Å². The van der Waals surface area contributed by atoms with Crippen molar-refractivity contribution in [2.24, 2.45) is 4.99 Å². The Morgan fingerprint density at radius 3 is 2.39 bits per heavy atom. The molecule has 1 amide bonds. The van der Waals surface area contributed by atoms with E-state index in [1.165, 1.54) is 36.0 Å². The van der Waals surface area contributed by atoms with Crippen LogP contribution in [-0.2, 0) is 0 Å². The summed E-state index contributed by atoms with van der Waals surface area (Å²) in [6.45, 7) is -0.884. The summed E-state index contributed by atoms with van der Waals surface area (Å²) in [7, 11) is 1.59. The first-order valence-corrected chi connectivity index (χ1v) is 9.74. The zero-order chi connectivity index (χ0) is 20.1. The second kappa shape index (κ2) is 9.05. The van der Waals surface area contributed by atoms with E-state index in [2.05, 4.69) is 9.73 Å². The van der Waals surface area contributed by atoms with Gasteiger partial charge in [-0.2, -0.15) is 8.78 Å². The predicted molar refractivity (Wildman–Crippen MR) is 106 cm³/mol. The number of amides is 1. The molecule has 1 aliphatic heterocycles. The third-order valence-electron chi connectivity index (χ3n) is 4.29. The summed E-state index contributed by atoms with van der Waals surface area (Å²) >= 11 is 1.52. The lowest BCUT2D eigenvalue weighted by molar-refractivity contribution is -0.0498. The van der Waals surface area contributed by atoms with Crippen LogP contribution in [0.2, 0.25) is 0 Å². The molecule has 1 aliphatic rings. The summed E-state index contributed by atoms with van der Waals surface area (Å²) in [5, 5.41) is 0.620. The Hall–Kier alpha value is -2.61. The molecule has 1 atom stereocenters. The molecule has 1 heterocycles. The van der Waals surface area contributed by atoms with Crippen LogP contribution in [0.1, 0.15) is 23.7 Å². The number of carbonyl (C=O) groups excluding carboxylic acids is 1. The van der Waals surface area contributed by atoms with Gasteiger partial charge in [-0.25, -0.2) is 4.99 Å². The van der Waals surface area contributed by atoms with E-state index in [9.17, 15) is 13.6 Å². The van der Waals surface area contributed by atoms with Crippen LogP contribution in [-0.4, -0.2) is 41.5 Å². The highest BCUT2D eigenvalue weighted by atomic mass is 32.2. The fraction of sp³-hybridized carbons (Fsp3) is 0.300. The van der Waals surface area contributed by atoms with Crippen molar-refractivity contribution in [1.29, 1.82) is 0 Å². The predicted octanol–water partition coefficient (Wildman–Crippen LogP) is 4.95. The molecule has 148 valence electrons. The highest BCUT2D eigenvalue weighted by Crippen LogP contribution is 2.31. The van der Waals surface area contributed by atoms with Crippen LogP contribution in [0.3, 0.4) is 0 Å². The molecule has 0 spiro atoms. The maximum Gasteiger partial charge on any atom is 0.387 e. The number of methoxy groups -OCH3 is 1. The Morgan fingerprint density at radius 2 is 1.82 bits per heavy atom. The Morgan fingerprint density at radius 1 is 1.18 bits per heavy atom. The molecule has 5 nitrogen and oxygen atoms in total. The number of hydrogen-bond donors (Lipinski definition) is 0. The molecule has 1 fully saturated rings. The maximum atomic E-state index is 13.1. The third-order valence-corrected chi connectivity index (χ3v) is 5.39. The van der Waals surface area contributed by atoms with E-state index in [0.717, 1.165) is 23.6 Å². The highest BCUT2D eigenvalue weighted by Gasteiger charge is 2.34. The minimum Gasteiger partial charge on any atom is -0.497 e. The molecule has 0 aliphatic carbocycles. The molecule has 0 radical (unpaired) electrons. The van der Waals surface area contributed by atoms with Gasteiger partial charge >= 0.3 is 6.61 Å². The number of nitrogens with zero attached hydrogens (tertiary/aromatic N) is 2. The largest absolute Gasteiger partial charge is 0.497 e. The zero-order valence-electron chi connectivity index (χ0n) is 15.5. The summed E-state index contributed by atoms with van der Waals surface area (Å²) in [5.74, 6) is 1.28. The Labute approximate surface area is 166 Å². The van der Waals surface area contributed by atoms with Gasteiger partial charge < -0.3 is 9.47 Å². The number of ether oxygens (including phenoxy) is 2. The molecular weight excluding hydrogens is 386 g/mol. The summed E-state index contributed by atoms with van der Waals surface area (Å²) in [5.41, 5.74) is 1.11. The zero-order valence-corrected chi connectivity index (χ0v) is 16.3. The van der Waals surface area contributed by atoms with Gasteiger partial charge in [0.05, 0.1) is 12.8 Å². The maximum absolute atomic E-state index is 13.1. The van der Waals surface area contributed by atoms with Crippen LogP contribution in [0.5, 0.6) is 11.5 Å². The summed E-state index contributed by atoms with van der Waals surface area (Å²) in [4.78, 5) is 19.4. The fourth-order valence-corrected chi connectivity index (χ4v) is 4.06. The number of carbonyl (C=O) groups is 1. The quantitative estimate of drug-likeness (QED) is 0.681. The van der Waals surface area contributed by atoms with Crippen molar-refractivity contribution in [3.8, 4) is 11.5 Å². The van der Waals surface area contributed by atoms with Gasteiger partial charge in [0.15, 0.2) is 5.17 Å². The van der Waals surface area contributed by atoms with E-state index in [0.29, 0.717) is 10.7 Å². The van der Waals surface area contributed by atoms with Gasteiger partial charge in [-0.3, -0.25) is 9.69 Å².